The van der Waals surface area contributed by atoms with Crippen LogP contribution in [-0.4, -0.2) is 16.8 Å². The number of hydrogen-bond acceptors (Lipinski definition) is 3. The molecule has 0 radical (unpaired) electrons. The predicted molar refractivity (Wildman–Crippen MR) is 79.5 cm³/mol. The van der Waals surface area contributed by atoms with Crippen molar-refractivity contribution >= 4 is 17.3 Å². The Kier molecular flexibility index (Phi) is 4.33. The molecular weight excluding hydrogens is 271 g/mol. The minimum absolute atomic E-state index is 0.237. The average Bonchev–Trinajstić information content (AvgIpc) is 2.46. The molecule has 0 aliphatic carbocycles. The van der Waals surface area contributed by atoms with E-state index in [1.807, 2.05) is 0 Å². The molecule has 0 bridgehead atoms. The summed E-state index contributed by atoms with van der Waals surface area (Å²) in [6.45, 7) is 3.34. The number of hydrogen-bond donors (Lipinski definition) is 2. The molecule has 2 aromatic rings. The van der Waals surface area contributed by atoms with Crippen molar-refractivity contribution in [1.29, 1.82) is 0 Å². The molecule has 2 aromatic carbocycles. The maximum Gasteiger partial charge on any atom is 0.255 e. The summed E-state index contributed by atoms with van der Waals surface area (Å²) in [5.74, 6) is -0.877. The fourth-order valence-electron chi connectivity index (χ4n) is 2.02. The van der Waals surface area contributed by atoms with Crippen molar-refractivity contribution in [2.75, 3.05) is 5.32 Å². The van der Waals surface area contributed by atoms with Gasteiger partial charge < -0.3 is 10.5 Å². The Balaban J connectivity index is 2.32. The van der Waals surface area contributed by atoms with Crippen LogP contribution in [0.2, 0.25) is 0 Å². The molecule has 0 spiro atoms. The fraction of sp³-hybridized carbons (Fsp3) is 0.125. The van der Waals surface area contributed by atoms with Crippen molar-refractivity contribution in [3.8, 4) is 0 Å². The first kappa shape index (κ1) is 14.7. The zero-order valence-corrected chi connectivity index (χ0v) is 11.7. The van der Waals surface area contributed by atoms with Gasteiger partial charge in [0.25, 0.3) is 5.91 Å². The summed E-state index contributed by atoms with van der Waals surface area (Å²) in [4.78, 5) is 12.2. The molecule has 0 atom stereocenters. The highest BCUT2D eigenvalue weighted by molar-refractivity contribution is 6.10. The van der Waals surface area contributed by atoms with Gasteiger partial charge in [0.1, 0.15) is 5.82 Å². The van der Waals surface area contributed by atoms with Crippen LogP contribution in [-0.2, 0) is 0 Å². The first-order valence-electron chi connectivity index (χ1n) is 6.38. The van der Waals surface area contributed by atoms with Crippen LogP contribution in [0.1, 0.15) is 28.4 Å². The highest BCUT2D eigenvalue weighted by Gasteiger charge is 2.12. The molecule has 21 heavy (non-hydrogen) atoms. The molecular formula is C16H15FN2O2. The lowest BCUT2D eigenvalue weighted by atomic mass is 10.1. The van der Waals surface area contributed by atoms with Crippen LogP contribution in [0.25, 0.3) is 0 Å². The molecule has 0 aliphatic heterocycles. The first-order valence-corrected chi connectivity index (χ1v) is 6.38. The molecule has 5 heteroatoms. The number of nitrogens with one attached hydrogen (secondary N) is 1. The maximum absolute atomic E-state index is 13.4. The molecule has 108 valence electrons. The number of anilines is 1. The van der Waals surface area contributed by atoms with Crippen LogP contribution in [0.3, 0.4) is 0 Å². The van der Waals surface area contributed by atoms with Gasteiger partial charge in [-0.15, -0.1) is 0 Å². The molecule has 0 aliphatic rings. The number of oxime groups is 1. The van der Waals surface area contributed by atoms with Gasteiger partial charge in [-0.1, -0.05) is 23.4 Å². The topological polar surface area (TPSA) is 61.7 Å². The van der Waals surface area contributed by atoms with Gasteiger partial charge in [-0.3, -0.25) is 4.79 Å². The number of aryl methyl sites for hydroxylation is 1. The lowest BCUT2D eigenvalue weighted by molar-refractivity contribution is 0.102. The second kappa shape index (κ2) is 6.17. The van der Waals surface area contributed by atoms with Crippen molar-refractivity contribution in [2.24, 2.45) is 5.16 Å². The maximum atomic E-state index is 13.4. The summed E-state index contributed by atoms with van der Waals surface area (Å²) in [5, 5.41) is 14.7. The Labute approximate surface area is 121 Å². The molecule has 0 saturated carbocycles. The van der Waals surface area contributed by atoms with Crippen molar-refractivity contribution in [2.45, 2.75) is 13.8 Å². The van der Waals surface area contributed by atoms with Gasteiger partial charge in [0.15, 0.2) is 0 Å². The zero-order chi connectivity index (χ0) is 15.4. The van der Waals surface area contributed by atoms with E-state index in [9.17, 15) is 9.18 Å². The number of amides is 1. The highest BCUT2D eigenvalue weighted by Crippen LogP contribution is 2.18. The lowest BCUT2D eigenvalue weighted by Crippen LogP contribution is -2.15. The average molecular weight is 286 g/mol. The molecule has 0 fully saturated rings. The summed E-state index contributed by atoms with van der Waals surface area (Å²) in [6.07, 6.45) is 0. The third kappa shape index (κ3) is 3.45. The van der Waals surface area contributed by atoms with Crippen LogP contribution >= 0.6 is 0 Å². The van der Waals surface area contributed by atoms with Gasteiger partial charge in [0, 0.05) is 11.1 Å². The van der Waals surface area contributed by atoms with Crippen LogP contribution in [0.15, 0.2) is 47.6 Å². The van der Waals surface area contributed by atoms with E-state index in [0.717, 1.165) is 0 Å². The van der Waals surface area contributed by atoms with E-state index in [4.69, 9.17) is 5.21 Å². The van der Waals surface area contributed by atoms with Crippen LogP contribution < -0.4 is 5.32 Å². The Morgan fingerprint density at radius 1 is 1.24 bits per heavy atom. The number of carbonyl (C=O) groups is 1. The smallest absolute Gasteiger partial charge is 0.255 e. The molecule has 4 nitrogen and oxygen atoms in total. The van der Waals surface area contributed by atoms with Crippen LogP contribution in [0.4, 0.5) is 10.1 Å². The van der Waals surface area contributed by atoms with Crippen molar-refractivity contribution < 1.29 is 14.4 Å². The Hall–Kier alpha value is -2.69. The normalized spacial score (nSPS) is 11.3. The molecule has 0 saturated heterocycles. The van der Waals surface area contributed by atoms with Crippen molar-refractivity contribution in [1.82, 2.24) is 0 Å². The summed E-state index contributed by atoms with van der Waals surface area (Å²) < 4.78 is 13.4. The number of rotatable bonds is 3. The third-order valence-corrected chi connectivity index (χ3v) is 3.02. The SMILES string of the molecule is C/C(=N/O)c1ccccc1NC(=O)c1cc(C)cc(F)c1. The number of nitrogens with zero attached hydrogens (tertiary/aromatic N) is 1. The van der Waals surface area contributed by atoms with E-state index in [1.54, 1.807) is 44.2 Å². The third-order valence-electron chi connectivity index (χ3n) is 3.02. The Morgan fingerprint density at radius 2 is 1.95 bits per heavy atom. The van der Waals surface area contributed by atoms with Gasteiger partial charge in [-0.25, -0.2) is 4.39 Å². The van der Waals surface area contributed by atoms with E-state index in [0.29, 0.717) is 22.5 Å². The molecule has 1 amide bonds. The molecule has 0 aromatic heterocycles. The molecule has 0 heterocycles. The van der Waals surface area contributed by atoms with Crippen molar-refractivity contribution in [3.05, 3.63) is 65.0 Å². The van der Waals surface area contributed by atoms with Crippen molar-refractivity contribution in [3.63, 3.8) is 0 Å². The number of benzene rings is 2. The summed E-state index contributed by atoms with van der Waals surface area (Å²) in [7, 11) is 0. The molecule has 2 N–H and O–H groups in total. The molecule has 0 unspecified atom stereocenters. The minimum atomic E-state index is -0.457. The first-order chi connectivity index (χ1) is 10.0. The number of carbonyl (C=O) groups excluding carboxylic acids is 1. The van der Waals surface area contributed by atoms with Crippen LogP contribution in [0.5, 0.6) is 0 Å². The largest absolute Gasteiger partial charge is 0.411 e. The fourth-order valence-corrected chi connectivity index (χ4v) is 2.02. The van der Waals surface area contributed by atoms with Gasteiger partial charge in [-0.05, 0) is 43.7 Å². The quantitative estimate of drug-likeness (QED) is 0.514. The standard InChI is InChI=1S/C16H15FN2O2/c1-10-7-12(9-13(17)8-10)16(20)18-15-6-4-3-5-14(15)11(2)19-21/h3-9,21H,1-2H3,(H,18,20)/b19-11-. The summed E-state index contributed by atoms with van der Waals surface area (Å²) >= 11 is 0. The van der Waals surface area contributed by atoms with E-state index in [1.165, 1.54) is 12.1 Å². The second-order valence-corrected chi connectivity index (χ2v) is 4.70. The number of halogens is 1. The van der Waals surface area contributed by atoms with E-state index in [-0.39, 0.29) is 5.56 Å². The van der Waals surface area contributed by atoms with E-state index >= 15 is 0 Å². The Bertz CT molecular complexity index is 691. The van der Waals surface area contributed by atoms with E-state index in [2.05, 4.69) is 10.5 Å². The predicted octanol–water partition coefficient (Wildman–Crippen LogP) is 3.58. The molecule has 2 rings (SSSR count). The van der Waals surface area contributed by atoms with Gasteiger partial charge in [0.2, 0.25) is 0 Å². The van der Waals surface area contributed by atoms with Gasteiger partial charge >= 0.3 is 0 Å². The van der Waals surface area contributed by atoms with E-state index < -0.39 is 11.7 Å². The minimum Gasteiger partial charge on any atom is -0.411 e. The van der Waals surface area contributed by atoms with Crippen LogP contribution in [0, 0.1) is 12.7 Å². The number of para-hydroxylation sites is 1. The highest BCUT2D eigenvalue weighted by atomic mass is 19.1. The van der Waals surface area contributed by atoms with Gasteiger partial charge in [-0.2, -0.15) is 0 Å². The lowest BCUT2D eigenvalue weighted by Gasteiger charge is -2.10. The zero-order valence-electron chi connectivity index (χ0n) is 11.7. The summed E-state index contributed by atoms with van der Waals surface area (Å²) in [5.41, 5.74) is 2.38. The monoisotopic (exact) mass is 286 g/mol. The Morgan fingerprint density at radius 3 is 2.62 bits per heavy atom. The van der Waals surface area contributed by atoms with Gasteiger partial charge in [0.05, 0.1) is 11.4 Å². The second-order valence-electron chi connectivity index (χ2n) is 4.70. The summed E-state index contributed by atoms with van der Waals surface area (Å²) in [6, 6.07) is 11.1.